The van der Waals surface area contributed by atoms with Gasteiger partial charge < -0.3 is 5.32 Å². The van der Waals surface area contributed by atoms with Crippen molar-refractivity contribution >= 4 is 54.5 Å². The zero-order valence-electron chi connectivity index (χ0n) is 10.8. The molecule has 0 aliphatic rings. The van der Waals surface area contributed by atoms with Crippen molar-refractivity contribution < 1.29 is 4.39 Å². The lowest BCUT2D eigenvalue weighted by molar-refractivity contribution is 0.557. The molecule has 0 amide bonds. The van der Waals surface area contributed by atoms with Crippen molar-refractivity contribution in [1.29, 1.82) is 0 Å². The highest BCUT2D eigenvalue weighted by atomic mass is 127. The minimum absolute atomic E-state index is 0.165. The van der Waals surface area contributed by atoms with E-state index in [-0.39, 0.29) is 11.9 Å². The monoisotopic (exact) mass is 511 g/mol. The largest absolute Gasteiger partial charge is 0.306 e. The van der Waals surface area contributed by atoms with Crippen LogP contribution >= 0.6 is 54.5 Å². The SMILES string of the molecule is CCNC(c1cc(Br)ccc1F)c1cc(Br)ccc1I. The Morgan fingerprint density at radius 1 is 1.10 bits per heavy atom. The molecule has 1 N–H and O–H groups in total. The molecule has 0 radical (unpaired) electrons. The second-order valence-corrected chi connectivity index (χ2v) is 7.32. The fourth-order valence-corrected chi connectivity index (χ4v) is 3.47. The van der Waals surface area contributed by atoms with Crippen LogP contribution in [0.25, 0.3) is 0 Å². The zero-order valence-corrected chi connectivity index (χ0v) is 16.1. The maximum atomic E-state index is 14.2. The van der Waals surface area contributed by atoms with Crippen molar-refractivity contribution in [3.63, 3.8) is 0 Å². The van der Waals surface area contributed by atoms with Crippen LogP contribution in [0.5, 0.6) is 0 Å². The summed E-state index contributed by atoms with van der Waals surface area (Å²) < 4.78 is 17.2. The van der Waals surface area contributed by atoms with Crippen molar-refractivity contribution in [1.82, 2.24) is 5.32 Å². The number of hydrogen-bond donors (Lipinski definition) is 1. The van der Waals surface area contributed by atoms with Gasteiger partial charge in [-0.05, 0) is 71.1 Å². The molecular weight excluding hydrogens is 500 g/mol. The van der Waals surface area contributed by atoms with Gasteiger partial charge in [-0.2, -0.15) is 0 Å². The minimum Gasteiger partial charge on any atom is -0.306 e. The Morgan fingerprint density at radius 2 is 1.70 bits per heavy atom. The number of halogens is 4. The number of nitrogens with one attached hydrogen (secondary N) is 1. The van der Waals surface area contributed by atoms with Crippen molar-refractivity contribution in [3.8, 4) is 0 Å². The van der Waals surface area contributed by atoms with Crippen LogP contribution in [-0.2, 0) is 0 Å². The molecule has 1 unspecified atom stereocenters. The molecule has 2 aromatic rings. The van der Waals surface area contributed by atoms with Gasteiger partial charge >= 0.3 is 0 Å². The molecule has 2 aromatic carbocycles. The first-order valence-corrected chi connectivity index (χ1v) is 8.82. The third-order valence-corrected chi connectivity index (χ3v) is 4.92. The molecule has 5 heteroatoms. The maximum Gasteiger partial charge on any atom is 0.128 e. The summed E-state index contributed by atoms with van der Waals surface area (Å²) >= 11 is 9.19. The summed E-state index contributed by atoms with van der Waals surface area (Å²) in [5.41, 5.74) is 1.72. The first-order valence-electron chi connectivity index (χ1n) is 6.16. The highest BCUT2D eigenvalue weighted by Crippen LogP contribution is 2.31. The van der Waals surface area contributed by atoms with Crippen molar-refractivity contribution in [2.45, 2.75) is 13.0 Å². The second-order valence-electron chi connectivity index (χ2n) is 4.32. The molecule has 0 aromatic heterocycles. The molecule has 0 aliphatic heterocycles. The lowest BCUT2D eigenvalue weighted by Gasteiger charge is -2.21. The number of benzene rings is 2. The van der Waals surface area contributed by atoms with E-state index in [1.54, 1.807) is 6.07 Å². The number of rotatable bonds is 4. The minimum atomic E-state index is -0.199. The topological polar surface area (TPSA) is 12.0 Å². The Morgan fingerprint density at radius 3 is 2.35 bits per heavy atom. The molecule has 0 aliphatic carbocycles. The molecule has 20 heavy (non-hydrogen) atoms. The molecule has 2 rings (SSSR count). The molecule has 0 fully saturated rings. The maximum absolute atomic E-state index is 14.2. The standard InChI is InChI=1S/C15H13Br2FIN/c1-2-20-15(11-7-9(16)3-5-13(11)18)12-8-10(17)4-6-14(12)19/h3-8,15,20H,2H2,1H3. The first kappa shape index (κ1) is 16.4. The highest BCUT2D eigenvalue weighted by Gasteiger charge is 2.20. The molecule has 106 valence electrons. The predicted octanol–water partition coefficient (Wildman–Crippen LogP) is 5.65. The summed E-state index contributed by atoms with van der Waals surface area (Å²) in [4.78, 5) is 0. The van der Waals surface area contributed by atoms with E-state index in [4.69, 9.17) is 0 Å². The highest BCUT2D eigenvalue weighted by molar-refractivity contribution is 14.1. The van der Waals surface area contributed by atoms with Gasteiger partial charge in [0.25, 0.3) is 0 Å². The van der Waals surface area contributed by atoms with Gasteiger partial charge in [-0.3, -0.25) is 0 Å². The average molecular weight is 513 g/mol. The van der Waals surface area contributed by atoms with Gasteiger partial charge in [0.1, 0.15) is 5.82 Å². The molecule has 0 saturated carbocycles. The van der Waals surface area contributed by atoms with Gasteiger partial charge in [-0.25, -0.2) is 4.39 Å². The van der Waals surface area contributed by atoms with Crippen LogP contribution in [0.4, 0.5) is 4.39 Å². The molecular formula is C15H13Br2FIN. The molecule has 0 saturated heterocycles. The van der Waals surface area contributed by atoms with Gasteiger partial charge in [-0.15, -0.1) is 0 Å². The summed E-state index contributed by atoms with van der Waals surface area (Å²) in [7, 11) is 0. The Labute approximate surface area is 148 Å². The van der Waals surface area contributed by atoms with Crippen LogP contribution in [0.1, 0.15) is 24.1 Å². The van der Waals surface area contributed by atoms with Crippen molar-refractivity contribution in [2.24, 2.45) is 0 Å². The average Bonchev–Trinajstić information content (AvgIpc) is 2.42. The van der Waals surface area contributed by atoms with E-state index in [0.29, 0.717) is 5.56 Å². The van der Waals surface area contributed by atoms with Gasteiger partial charge in [0.05, 0.1) is 6.04 Å². The zero-order chi connectivity index (χ0) is 14.7. The quantitative estimate of drug-likeness (QED) is 0.522. The van der Waals surface area contributed by atoms with Gasteiger partial charge in [0.2, 0.25) is 0 Å². The third kappa shape index (κ3) is 3.81. The predicted molar refractivity (Wildman–Crippen MR) is 96.5 cm³/mol. The lowest BCUT2D eigenvalue weighted by Crippen LogP contribution is -2.24. The van der Waals surface area contributed by atoms with Gasteiger partial charge in [0, 0.05) is 18.1 Å². The Balaban J connectivity index is 2.55. The summed E-state index contributed by atoms with van der Waals surface area (Å²) in [5.74, 6) is -0.199. The van der Waals surface area contributed by atoms with Crippen molar-refractivity contribution in [3.05, 3.63) is 65.9 Å². The van der Waals surface area contributed by atoms with E-state index >= 15 is 0 Å². The summed E-state index contributed by atoms with van der Waals surface area (Å²) in [6, 6.07) is 10.9. The van der Waals surface area contributed by atoms with Gasteiger partial charge in [-0.1, -0.05) is 38.8 Å². The Kier molecular flexibility index (Phi) is 6.01. The smallest absolute Gasteiger partial charge is 0.128 e. The number of hydrogen-bond acceptors (Lipinski definition) is 1. The van der Waals surface area contributed by atoms with E-state index in [9.17, 15) is 4.39 Å². The molecule has 1 nitrogen and oxygen atoms in total. The van der Waals surface area contributed by atoms with E-state index in [2.05, 4.69) is 59.8 Å². The molecule has 0 heterocycles. The van der Waals surface area contributed by atoms with E-state index in [0.717, 1.165) is 24.6 Å². The normalized spacial score (nSPS) is 12.4. The summed E-state index contributed by atoms with van der Waals surface area (Å²) in [6.45, 7) is 2.78. The fraction of sp³-hybridized carbons (Fsp3) is 0.200. The molecule has 1 atom stereocenters. The van der Waals surface area contributed by atoms with Gasteiger partial charge in [0.15, 0.2) is 0 Å². The fourth-order valence-electron chi connectivity index (χ4n) is 2.06. The van der Waals surface area contributed by atoms with Crippen LogP contribution in [0.3, 0.4) is 0 Å². The molecule has 0 bridgehead atoms. The van der Waals surface area contributed by atoms with Crippen LogP contribution in [0.2, 0.25) is 0 Å². The summed E-state index contributed by atoms with van der Waals surface area (Å²) in [6.07, 6.45) is 0. The van der Waals surface area contributed by atoms with E-state index in [1.807, 2.05) is 31.2 Å². The molecule has 0 spiro atoms. The van der Waals surface area contributed by atoms with Crippen molar-refractivity contribution in [2.75, 3.05) is 6.54 Å². The van der Waals surface area contributed by atoms with Crippen LogP contribution in [0.15, 0.2) is 45.3 Å². The van der Waals surface area contributed by atoms with E-state index in [1.165, 1.54) is 6.07 Å². The van der Waals surface area contributed by atoms with Crippen LogP contribution < -0.4 is 5.32 Å². The van der Waals surface area contributed by atoms with Crippen LogP contribution in [-0.4, -0.2) is 6.54 Å². The first-order chi connectivity index (χ1) is 9.52. The summed E-state index contributed by atoms with van der Waals surface area (Å²) in [5, 5.41) is 3.36. The lowest BCUT2D eigenvalue weighted by atomic mass is 9.98. The van der Waals surface area contributed by atoms with E-state index < -0.39 is 0 Å². The van der Waals surface area contributed by atoms with Crippen LogP contribution in [0, 0.1) is 9.39 Å². The third-order valence-electron chi connectivity index (χ3n) is 2.95. The Hall–Kier alpha value is 0.0200. The Bertz CT molecular complexity index is 567. The second kappa shape index (κ2) is 7.33.